The number of aromatic nitrogens is 2. The summed E-state index contributed by atoms with van der Waals surface area (Å²) >= 11 is 0. The normalized spacial score (nSPS) is 11.9. The summed E-state index contributed by atoms with van der Waals surface area (Å²) in [5.74, 6) is 1.13. The molecule has 0 aliphatic rings. The van der Waals surface area contributed by atoms with Crippen LogP contribution in [0.15, 0.2) is 12.4 Å². The van der Waals surface area contributed by atoms with Gasteiger partial charge in [0.25, 0.3) is 0 Å². The quantitative estimate of drug-likeness (QED) is 0.657. The van der Waals surface area contributed by atoms with Crippen molar-refractivity contribution in [2.24, 2.45) is 5.73 Å². The van der Waals surface area contributed by atoms with Crippen LogP contribution in [0.2, 0.25) is 0 Å². The minimum atomic E-state index is -0.330. The van der Waals surface area contributed by atoms with Gasteiger partial charge in [-0.25, -0.2) is 9.97 Å². The molecule has 4 N–H and O–H groups in total. The highest BCUT2D eigenvalue weighted by Crippen LogP contribution is 2.10. The van der Waals surface area contributed by atoms with Crippen molar-refractivity contribution in [2.45, 2.75) is 32.7 Å². The van der Waals surface area contributed by atoms with E-state index in [1.807, 2.05) is 13.0 Å². The summed E-state index contributed by atoms with van der Waals surface area (Å²) in [5, 5.41) is 6.26. The Kier molecular flexibility index (Phi) is 5.19. The van der Waals surface area contributed by atoms with Crippen LogP contribution in [0.25, 0.3) is 0 Å². The Bertz CT molecular complexity index is 369. The maximum absolute atomic E-state index is 10.7. The Morgan fingerprint density at radius 1 is 1.47 bits per heavy atom. The van der Waals surface area contributed by atoms with E-state index in [1.54, 1.807) is 0 Å². The third kappa shape index (κ3) is 5.14. The van der Waals surface area contributed by atoms with Crippen molar-refractivity contribution in [3.63, 3.8) is 0 Å². The number of carbonyl (C=O) groups is 1. The Balaban J connectivity index is 2.55. The van der Waals surface area contributed by atoms with Crippen molar-refractivity contribution in [1.82, 2.24) is 9.97 Å². The molecule has 1 rings (SSSR count). The monoisotopic (exact) mass is 237 g/mol. The van der Waals surface area contributed by atoms with Crippen LogP contribution in [-0.2, 0) is 4.79 Å². The molecule has 1 heterocycles. The van der Waals surface area contributed by atoms with Crippen molar-refractivity contribution in [3.05, 3.63) is 12.4 Å². The molecule has 6 heteroatoms. The second-order valence-electron chi connectivity index (χ2n) is 3.93. The van der Waals surface area contributed by atoms with E-state index in [0.717, 1.165) is 18.8 Å². The predicted octanol–water partition coefficient (Wildman–Crippen LogP) is 0.974. The van der Waals surface area contributed by atoms with Gasteiger partial charge in [-0.05, 0) is 13.3 Å². The van der Waals surface area contributed by atoms with Gasteiger partial charge in [0.15, 0.2) is 0 Å². The number of rotatable bonds is 7. The topological polar surface area (TPSA) is 92.9 Å². The molecule has 0 saturated heterocycles. The zero-order valence-electron chi connectivity index (χ0n) is 10.2. The maximum atomic E-state index is 10.7. The van der Waals surface area contributed by atoms with Crippen molar-refractivity contribution in [3.8, 4) is 0 Å². The highest BCUT2D eigenvalue weighted by Gasteiger charge is 2.06. The smallest absolute Gasteiger partial charge is 0.219 e. The van der Waals surface area contributed by atoms with Gasteiger partial charge in [0.2, 0.25) is 5.91 Å². The number of primary amides is 1. The summed E-state index contributed by atoms with van der Waals surface area (Å²) in [4.78, 5) is 18.9. The highest BCUT2D eigenvalue weighted by molar-refractivity contribution is 5.74. The molecule has 1 amide bonds. The number of anilines is 2. The molecule has 0 fully saturated rings. The van der Waals surface area contributed by atoms with Gasteiger partial charge in [-0.3, -0.25) is 4.79 Å². The van der Waals surface area contributed by atoms with E-state index in [9.17, 15) is 4.79 Å². The van der Waals surface area contributed by atoms with Crippen molar-refractivity contribution >= 4 is 17.5 Å². The van der Waals surface area contributed by atoms with Crippen LogP contribution < -0.4 is 16.4 Å². The lowest BCUT2D eigenvalue weighted by atomic mass is 10.2. The molecule has 0 aliphatic heterocycles. The lowest BCUT2D eigenvalue weighted by molar-refractivity contribution is -0.118. The number of hydrogen-bond donors (Lipinski definition) is 3. The molecular weight excluding hydrogens is 218 g/mol. The molecule has 94 valence electrons. The van der Waals surface area contributed by atoms with Crippen LogP contribution in [0.5, 0.6) is 0 Å². The summed E-state index contributed by atoms with van der Waals surface area (Å²) in [6.45, 7) is 4.83. The van der Waals surface area contributed by atoms with Gasteiger partial charge < -0.3 is 16.4 Å². The lowest BCUT2D eigenvalue weighted by Crippen LogP contribution is -2.24. The van der Waals surface area contributed by atoms with E-state index in [4.69, 9.17) is 5.73 Å². The van der Waals surface area contributed by atoms with Crippen molar-refractivity contribution < 1.29 is 4.79 Å². The maximum Gasteiger partial charge on any atom is 0.219 e. The third-order valence-electron chi connectivity index (χ3n) is 2.12. The first-order valence-corrected chi connectivity index (χ1v) is 5.72. The predicted molar refractivity (Wildman–Crippen MR) is 67.7 cm³/mol. The second kappa shape index (κ2) is 6.67. The number of amides is 1. The number of nitrogens with zero attached hydrogens (tertiary/aromatic N) is 2. The molecule has 0 aromatic carbocycles. The molecule has 0 radical (unpaired) electrons. The molecule has 1 atom stereocenters. The number of nitrogens with one attached hydrogen (secondary N) is 2. The average molecular weight is 237 g/mol. The first-order valence-electron chi connectivity index (χ1n) is 5.72. The second-order valence-corrected chi connectivity index (χ2v) is 3.93. The summed E-state index contributed by atoms with van der Waals surface area (Å²) in [6, 6.07) is 1.77. The summed E-state index contributed by atoms with van der Waals surface area (Å²) in [5.41, 5.74) is 5.12. The Labute approximate surface area is 101 Å². The molecule has 0 spiro atoms. The van der Waals surface area contributed by atoms with Gasteiger partial charge in [-0.2, -0.15) is 0 Å². The van der Waals surface area contributed by atoms with Crippen LogP contribution in [0.1, 0.15) is 26.7 Å². The zero-order valence-corrected chi connectivity index (χ0v) is 10.2. The first kappa shape index (κ1) is 13.2. The molecule has 6 nitrogen and oxygen atoms in total. The van der Waals surface area contributed by atoms with Crippen LogP contribution in [0.4, 0.5) is 11.6 Å². The zero-order chi connectivity index (χ0) is 12.7. The fraction of sp³-hybridized carbons (Fsp3) is 0.545. The highest BCUT2D eigenvalue weighted by atomic mass is 16.1. The lowest BCUT2D eigenvalue weighted by Gasteiger charge is -2.13. The molecule has 0 aliphatic carbocycles. The SMILES string of the molecule is CCCNc1cc(NC(C)CC(N)=O)ncn1. The molecule has 1 aromatic heterocycles. The minimum absolute atomic E-state index is 0.0403. The van der Waals surface area contributed by atoms with E-state index in [-0.39, 0.29) is 18.4 Å². The molecule has 1 aromatic rings. The van der Waals surface area contributed by atoms with Crippen LogP contribution in [0, 0.1) is 0 Å². The standard InChI is InChI=1S/C11H19N5O/c1-3-4-13-10-6-11(15-7-14-10)16-8(2)5-9(12)17/h6-8H,3-5H2,1-2H3,(H2,12,17)(H2,13,14,15,16). The summed E-state index contributed by atoms with van der Waals surface area (Å²) in [7, 11) is 0. The third-order valence-corrected chi connectivity index (χ3v) is 2.12. The number of carbonyl (C=O) groups excluding carboxylic acids is 1. The van der Waals surface area contributed by atoms with E-state index < -0.39 is 0 Å². The first-order chi connectivity index (χ1) is 8.11. The molecule has 0 saturated carbocycles. The Morgan fingerprint density at radius 2 is 2.18 bits per heavy atom. The summed E-state index contributed by atoms with van der Waals surface area (Å²) < 4.78 is 0. The minimum Gasteiger partial charge on any atom is -0.370 e. The number of hydrogen-bond acceptors (Lipinski definition) is 5. The van der Waals surface area contributed by atoms with Gasteiger partial charge in [0, 0.05) is 25.1 Å². The van der Waals surface area contributed by atoms with Crippen LogP contribution in [0.3, 0.4) is 0 Å². The van der Waals surface area contributed by atoms with Gasteiger partial charge in [0.1, 0.15) is 18.0 Å². The van der Waals surface area contributed by atoms with E-state index >= 15 is 0 Å². The Hall–Kier alpha value is -1.85. The fourth-order valence-corrected chi connectivity index (χ4v) is 1.39. The van der Waals surface area contributed by atoms with Gasteiger partial charge in [0.05, 0.1) is 0 Å². The molecule has 0 bridgehead atoms. The van der Waals surface area contributed by atoms with Crippen LogP contribution >= 0.6 is 0 Å². The number of nitrogens with two attached hydrogens (primary N) is 1. The van der Waals surface area contributed by atoms with Crippen molar-refractivity contribution in [2.75, 3.05) is 17.2 Å². The fourth-order valence-electron chi connectivity index (χ4n) is 1.39. The largest absolute Gasteiger partial charge is 0.370 e. The van der Waals surface area contributed by atoms with Crippen molar-refractivity contribution in [1.29, 1.82) is 0 Å². The molecule has 1 unspecified atom stereocenters. The van der Waals surface area contributed by atoms with Gasteiger partial charge in [-0.15, -0.1) is 0 Å². The van der Waals surface area contributed by atoms with Gasteiger partial charge >= 0.3 is 0 Å². The van der Waals surface area contributed by atoms with Gasteiger partial charge in [-0.1, -0.05) is 6.92 Å². The average Bonchev–Trinajstić information content (AvgIpc) is 2.25. The van der Waals surface area contributed by atoms with E-state index in [2.05, 4.69) is 27.5 Å². The Morgan fingerprint density at radius 3 is 2.82 bits per heavy atom. The molecule has 17 heavy (non-hydrogen) atoms. The van der Waals surface area contributed by atoms with Crippen LogP contribution in [-0.4, -0.2) is 28.5 Å². The van der Waals surface area contributed by atoms with E-state index in [0.29, 0.717) is 5.82 Å². The summed E-state index contributed by atoms with van der Waals surface area (Å²) in [6.07, 6.45) is 2.80. The van der Waals surface area contributed by atoms with E-state index in [1.165, 1.54) is 6.33 Å². The molecular formula is C11H19N5O.